The van der Waals surface area contributed by atoms with Crippen LogP contribution in [-0.4, -0.2) is 12.6 Å². The zero-order valence-corrected chi connectivity index (χ0v) is 27.1. The summed E-state index contributed by atoms with van der Waals surface area (Å²) in [5, 5.41) is 7.00. The van der Waals surface area contributed by atoms with Gasteiger partial charge in [0.05, 0.1) is 24.2 Å². The first-order valence-electron chi connectivity index (χ1n) is 15.9. The Hall–Kier alpha value is -6.46. The first-order chi connectivity index (χ1) is 23.7. The van der Waals surface area contributed by atoms with Gasteiger partial charge >= 0.3 is 0 Å². The lowest BCUT2D eigenvalue weighted by Crippen LogP contribution is -2.74. The summed E-state index contributed by atoms with van der Waals surface area (Å²) in [6.45, 7) is 16.7. The van der Waals surface area contributed by atoms with Crippen LogP contribution >= 0.6 is 0 Å². The molecule has 7 aromatic carbocycles. The second-order valence-corrected chi connectivity index (χ2v) is 15.6. The molecule has 0 atom stereocenters. The maximum absolute atomic E-state index is 8.34. The highest BCUT2D eigenvalue weighted by Gasteiger charge is 2.42. The fourth-order valence-electron chi connectivity index (χ4n) is 7.33. The van der Waals surface area contributed by atoms with Crippen molar-refractivity contribution in [3.05, 3.63) is 199 Å². The Morgan fingerprint density at radius 2 is 0.917 bits per heavy atom. The number of nitrogens with zero attached hydrogens (tertiary/aromatic N) is 3. The van der Waals surface area contributed by atoms with Gasteiger partial charge in [0.15, 0.2) is 19.4 Å². The monoisotopic (exact) mass is 627 g/mol. The van der Waals surface area contributed by atoms with Crippen LogP contribution in [0.2, 0.25) is 0 Å². The molecular formula is C44H29N3Si. The van der Waals surface area contributed by atoms with Crippen molar-refractivity contribution in [1.82, 2.24) is 4.57 Å². The van der Waals surface area contributed by atoms with Crippen molar-refractivity contribution in [2.75, 3.05) is 0 Å². The maximum Gasteiger partial charge on any atom is 0.196 e. The Morgan fingerprint density at radius 1 is 0.438 bits per heavy atom. The number of rotatable bonds is 6. The first kappa shape index (κ1) is 29.0. The number of fused-ring (bicyclic) bond motifs is 3. The molecule has 1 heterocycles. The highest BCUT2D eigenvalue weighted by molar-refractivity contribution is 7.20. The molecule has 8 rings (SSSR count). The van der Waals surface area contributed by atoms with Crippen molar-refractivity contribution in [3.63, 3.8) is 0 Å². The summed E-state index contributed by atoms with van der Waals surface area (Å²) < 4.78 is 2.24. The van der Waals surface area contributed by atoms with Crippen molar-refractivity contribution < 1.29 is 0 Å². The average molecular weight is 628 g/mol. The van der Waals surface area contributed by atoms with Gasteiger partial charge in [-0.05, 0) is 56.1 Å². The molecule has 3 nitrogen and oxygen atoms in total. The molecule has 8 aromatic rings. The molecule has 0 bridgehead atoms. The average Bonchev–Trinajstić information content (AvgIpc) is 3.50. The van der Waals surface area contributed by atoms with Gasteiger partial charge in [0.1, 0.15) is 0 Å². The van der Waals surface area contributed by atoms with Crippen molar-refractivity contribution in [3.8, 4) is 16.8 Å². The van der Waals surface area contributed by atoms with E-state index in [1.807, 2.05) is 36.4 Å². The van der Waals surface area contributed by atoms with Crippen molar-refractivity contribution >= 4 is 62.0 Å². The van der Waals surface area contributed by atoms with E-state index in [1.165, 1.54) is 26.3 Å². The lowest BCUT2D eigenvalue weighted by Gasteiger charge is -2.35. The van der Waals surface area contributed by atoms with E-state index in [9.17, 15) is 0 Å². The van der Waals surface area contributed by atoms with Gasteiger partial charge in [0, 0.05) is 16.5 Å². The van der Waals surface area contributed by atoms with Crippen LogP contribution in [0.4, 0.5) is 11.4 Å². The minimum Gasteiger partial charge on any atom is -0.311 e. The number of hydrogen-bond donors (Lipinski definition) is 0. The van der Waals surface area contributed by atoms with Gasteiger partial charge in [0.25, 0.3) is 0 Å². The van der Waals surface area contributed by atoms with Gasteiger partial charge in [0.2, 0.25) is 0 Å². The fraction of sp³-hybridized carbons (Fsp3) is 0. The molecule has 4 heteroatoms. The van der Waals surface area contributed by atoms with Crippen LogP contribution in [0.3, 0.4) is 0 Å². The Balaban J connectivity index is 1.38. The van der Waals surface area contributed by atoms with E-state index >= 15 is 0 Å². The van der Waals surface area contributed by atoms with E-state index in [0.29, 0.717) is 11.4 Å². The molecule has 0 unspecified atom stereocenters. The Bertz CT molecular complexity index is 2370. The van der Waals surface area contributed by atoms with Crippen molar-refractivity contribution in [2.24, 2.45) is 0 Å². The predicted octanol–water partition coefficient (Wildman–Crippen LogP) is 8.93. The second kappa shape index (κ2) is 12.0. The highest BCUT2D eigenvalue weighted by Crippen LogP contribution is 2.37. The molecule has 0 N–H and O–H groups in total. The lowest BCUT2D eigenvalue weighted by molar-refractivity contribution is 1.18. The van der Waals surface area contributed by atoms with Crippen molar-refractivity contribution in [2.45, 2.75) is 0 Å². The quantitative estimate of drug-likeness (QED) is 0.0993. The summed E-state index contributed by atoms with van der Waals surface area (Å²) in [6, 6.07) is 61.1. The summed E-state index contributed by atoms with van der Waals surface area (Å²) >= 11 is 0. The minimum atomic E-state index is -2.97. The first-order valence-corrected chi connectivity index (χ1v) is 17.9. The van der Waals surface area contributed by atoms with Crippen LogP contribution in [0, 0.1) is 13.1 Å². The molecular weight excluding hydrogens is 599 g/mol. The largest absolute Gasteiger partial charge is 0.311 e. The molecule has 0 saturated heterocycles. The summed E-state index contributed by atoms with van der Waals surface area (Å²) in [6.07, 6.45) is 0. The molecule has 224 valence electrons. The van der Waals surface area contributed by atoms with E-state index < -0.39 is 8.07 Å². The maximum atomic E-state index is 8.34. The van der Waals surface area contributed by atoms with Gasteiger partial charge < -0.3 is 4.57 Å². The lowest BCUT2D eigenvalue weighted by atomic mass is 10.0. The van der Waals surface area contributed by atoms with E-state index in [-0.39, 0.29) is 0 Å². The van der Waals surface area contributed by atoms with Crippen LogP contribution < -0.4 is 20.7 Å². The molecule has 0 amide bonds. The molecule has 48 heavy (non-hydrogen) atoms. The molecule has 0 radical (unpaired) electrons. The molecule has 0 aliphatic carbocycles. The van der Waals surface area contributed by atoms with Gasteiger partial charge in [-0.3, -0.25) is 0 Å². The van der Waals surface area contributed by atoms with Crippen LogP contribution in [0.15, 0.2) is 176 Å². The van der Waals surface area contributed by atoms with Crippen LogP contribution in [0.25, 0.3) is 48.3 Å². The standard InChI is InChI=1S/C44H29N3Si/c1-45-40-29-26-32(30-44(40)48(34-16-6-3-7-17-34,35-18-8-4-9-19-35)36-20-10-5-11-21-36)37-28-27-33(31-41(37)46-2)47-42-24-14-12-22-38(42)39-23-13-15-25-43(39)47/h3-31H. The predicted molar refractivity (Wildman–Crippen MR) is 202 cm³/mol. The molecule has 0 saturated carbocycles. The normalized spacial score (nSPS) is 11.3. The van der Waals surface area contributed by atoms with Crippen molar-refractivity contribution in [1.29, 1.82) is 0 Å². The minimum absolute atomic E-state index is 0.572. The smallest absolute Gasteiger partial charge is 0.196 e. The zero-order valence-electron chi connectivity index (χ0n) is 26.1. The van der Waals surface area contributed by atoms with Gasteiger partial charge in [-0.1, -0.05) is 152 Å². The topological polar surface area (TPSA) is 13.6 Å². The number of benzene rings is 7. The van der Waals surface area contributed by atoms with Gasteiger partial charge in [-0.25, -0.2) is 9.69 Å². The van der Waals surface area contributed by atoms with Gasteiger partial charge in [-0.15, -0.1) is 0 Å². The fourth-order valence-corrected chi connectivity index (χ4v) is 12.2. The second-order valence-electron chi connectivity index (χ2n) is 11.9. The molecule has 0 fully saturated rings. The number of para-hydroxylation sites is 2. The third-order valence-electron chi connectivity index (χ3n) is 9.39. The van der Waals surface area contributed by atoms with Crippen LogP contribution in [-0.2, 0) is 0 Å². The Labute approximate surface area is 281 Å². The molecule has 1 aromatic heterocycles. The van der Waals surface area contributed by atoms with Crippen LogP contribution in [0.5, 0.6) is 0 Å². The SMILES string of the molecule is [C-]#[N+]c1cc(-n2c3ccccc3c3ccccc32)ccc1-c1ccc([N+]#[C-])c([Si](c2ccccc2)(c2ccccc2)c2ccccc2)c1. The summed E-state index contributed by atoms with van der Waals surface area (Å²) in [5.74, 6) is 0. The van der Waals surface area contributed by atoms with E-state index in [4.69, 9.17) is 13.1 Å². The molecule has 0 aliphatic rings. The molecule has 0 aliphatic heterocycles. The summed E-state index contributed by atoms with van der Waals surface area (Å²) in [5.41, 5.74) is 6.14. The molecule has 0 spiro atoms. The third kappa shape index (κ3) is 4.55. The Kier molecular flexibility index (Phi) is 7.27. The third-order valence-corrected chi connectivity index (χ3v) is 14.2. The zero-order chi connectivity index (χ0) is 32.5. The number of hydrogen-bond acceptors (Lipinski definition) is 0. The van der Waals surface area contributed by atoms with Gasteiger partial charge in [-0.2, -0.15) is 0 Å². The Morgan fingerprint density at radius 3 is 1.42 bits per heavy atom. The summed E-state index contributed by atoms with van der Waals surface area (Å²) in [7, 11) is -2.97. The van der Waals surface area contributed by atoms with E-state index in [0.717, 1.165) is 33.0 Å². The highest BCUT2D eigenvalue weighted by atomic mass is 28.3. The summed E-state index contributed by atoms with van der Waals surface area (Å²) in [4.78, 5) is 8.19. The van der Waals surface area contributed by atoms with E-state index in [2.05, 4.69) is 154 Å². The van der Waals surface area contributed by atoms with E-state index in [1.54, 1.807) is 0 Å². The number of aromatic nitrogens is 1. The van der Waals surface area contributed by atoms with Crippen LogP contribution in [0.1, 0.15) is 0 Å².